The summed E-state index contributed by atoms with van der Waals surface area (Å²) >= 11 is 1.37. The van der Waals surface area contributed by atoms with Gasteiger partial charge in [0.05, 0.1) is 6.42 Å². The van der Waals surface area contributed by atoms with Crippen LogP contribution in [0.5, 0.6) is 0 Å². The number of hydrogen-bond donors (Lipinski definition) is 2. The Morgan fingerprint density at radius 3 is 2.83 bits per heavy atom. The van der Waals surface area contributed by atoms with Crippen molar-refractivity contribution in [3.05, 3.63) is 30.1 Å². The van der Waals surface area contributed by atoms with Gasteiger partial charge in [-0.3, -0.25) is 9.59 Å². The van der Waals surface area contributed by atoms with Crippen molar-refractivity contribution in [2.75, 3.05) is 23.3 Å². The lowest BCUT2D eigenvalue weighted by Crippen LogP contribution is -2.37. The number of amides is 1. The molecule has 0 aliphatic carbocycles. The molecule has 0 bridgehead atoms. The first-order chi connectivity index (χ1) is 13.7. The molecule has 1 fully saturated rings. The summed E-state index contributed by atoms with van der Waals surface area (Å²) in [6.07, 6.45) is 3.95. The number of thiazole rings is 1. The molecular formula is C20H27N5O3S. The summed E-state index contributed by atoms with van der Waals surface area (Å²) in [5, 5.41) is 4.41. The van der Waals surface area contributed by atoms with Gasteiger partial charge in [0.25, 0.3) is 5.91 Å². The molecule has 1 aliphatic rings. The number of ether oxygens (including phenoxy) is 1. The molecule has 2 aromatic heterocycles. The average Bonchev–Trinajstić information content (AvgIpc) is 3.05. The van der Waals surface area contributed by atoms with Crippen LogP contribution < -0.4 is 16.0 Å². The van der Waals surface area contributed by atoms with Crippen molar-refractivity contribution in [1.82, 2.24) is 9.97 Å². The van der Waals surface area contributed by atoms with E-state index in [1.807, 2.05) is 39.0 Å². The van der Waals surface area contributed by atoms with E-state index in [2.05, 4.69) is 20.2 Å². The maximum Gasteiger partial charge on any atom is 0.306 e. The Kier molecular flexibility index (Phi) is 6.36. The number of esters is 1. The van der Waals surface area contributed by atoms with E-state index in [9.17, 15) is 9.59 Å². The monoisotopic (exact) mass is 417 g/mol. The van der Waals surface area contributed by atoms with E-state index >= 15 is 0 Å². The van der Waals surface area contributed by atoms with Crippen LogP contribution in [0.3, 0.4) is 0 Å². The molecular weight excluding hydrogens is 390 g/mol. The van der Waals surface area contributed by atoms with Crippen molar-refractivity contribution in [3.63, 3.8) is 0 Å². The average molecular weight is 418 g/mol. The SMILES string of the molecule is CC(C)(C)OC(=O)CC1CCCN(c2nc(C(N)=O)c(Nc3ccccn3)s2)C1. The molecule has 1 amide bonds. The molecule has 0 saturated carbocycles. The van der Waals surface area contributed by atoms with Gasteiger partial charge in [-0.2, -0.15) is 0 Å². The highest BCUT2D eigenvalue weighted by molar-refractivity contribution is 7.20. The number of nitrogens with zero attached hydrogens (tertiary/aromatic N) is 3. The molecule has 9 heteroatoms. The highest BCUT2D eigenvalue weighted by Crippen LogP contribution is 2.35. The van der Waals surface area contributed by atoms with E-state index in [4.69, 9.17) is 10.5 Å². The molecule has 8 nitrogen and oxygen atoms in total. The molecule has 156 valence electrons. The van der Waals surface area contributed by atoms with E-state index < -0.39 is 11.5 Å². The molecule has 3 rings (SSSR count). The zero-order chi connectivity index (χ0) is 21.0. The summed E-state index contributed by atoms with van der Waals surface area (Å²) in [6.45, 7) is 7.12. The zero-order valence-electron chi connectivity index (χ0n) is 17.0. The summed E-state index contributed by atoms with van der Waals surface area (Å²) < 4.78 is 5.45. The Balaban J connectivity index is 1.71. The summed E-state index contributed by atoms with van der Waals surface area (Å²) in [7, 11) is 0. The molecule has 1 atom stereocenters. The number of rotatable bonds is 6. The fraction of sp³-hybridized carbons (Fsp3) is 0.500. The Morgan fingerprint density at radius 2 is 2.17 bits per heavy atom. The van der Waals surface area contributed by atoms with Gasteiger partial charge in [0.15, 0.2) is 10.8 Å². The maximum atomic E-state index is 12.2. The van der Waals surface area contributed by atoms with Crippen LogP contribution in [-0.4, -0.2) is 40.5 Å². The Morgan fingerprint density at radius 1 is 1.38 bits per heavy atom. The highest BCUT2D eigenvalue weighted by atomic mass is 32.1. The number of primary amides is 1. The first-order valence-corrected chi connectivity index (χ1v) is 10.5. The maximum absolute atomic E-state index is 12.2. The summed E-state index contributed by atoms with van der Waals surface area (Å²) in [4.78, 5) is 34.9. The second kappa shape index (κ2) is 8.77. The van der Waals surface area contributed by atoms with E-state index in [0.717, 1.165) is 19.4 Å². The summed E-state index contributed by atoms with van der Waals surface area (Å²) in [6, 6.07) is 5.48. The van der Waals surface area contributed by atoms with Gasteiger partial charge in [-0.25, -0.2) is 9.97 Å². The Labute approximate surface area is 174 Å². The van der Waals surface area contributed by atoms with Crippen molar-refractivity contribution in [2.45, 2.75) is 45.6 Å². The molecule has 1 aliphatic heterocycles. The van der Waals surface area contributed by atoms with E-state index in [1.165, 1.54) is 11.3 Å². The number of piperidine rings is 1. The summed E-state index contributed by atoms with van der Waals surface area (Å²) in [5.41, 5.74) is 5.24. The Bertz CT molecular complexity index is 863. The third-order valence-corrected chi connectivity index (χ3v) is 5.45. The minimum atomic E-state index is -0.590. The first-order valence-electron chi connectivity index (χ1n) is 9.67. The van der Waals surface area contributed by atoms with Crippen LogP contribution in [0.15, 0.2) is 24.4 Å². The number of hydrogen-bond acceptors (Lipinski definition) is 8. The van der Waals surface area contributed by atoms with Crippen LogP contribution in [0.1, 0.15) is 50.5 Å². The molecule has 29 heavy (non-hydrogen) atoms. The van der Waals surface area contributed by atoms with Gasteiger partial charge in [0, 0.05) is 19.3 Å². The minimum absolute atomic E-state index is 0.182. The normalized spacial score (nSPS) is 17.1. The third-order valence-electron chi connectivity index (χ3n) is 4.42. The van der Waals surface area contributed by atoms with Crippen LogP contribution in [-0.2, 0) is 9.53 Å². The van der Waals surface area contributed by atoms with Gasteiger partial charge in [-0.05, 0) is 51.7 Å². The van der Waals surface area contributed by atoms with Crippen molar-refractivity contribution in [1.29, 1.82) is 0 Å². The number of carbonyl (C=O) groups is 2. The smallest absolute Gasteiger partial charge is 0.306 e. The lowest BCUT2D eigenvalue weighted by molar-refractivity contribution is -0.156. The molecule has 1 unspecified atom stereocenters. The topological polar surface area (TPSA) is 110 Å². The fourth-order valence-corrected chi connectivity index (χ4v) is 4.29. The molecule has 1 saturated heterocycles. The van der Waals surface area contributed by atoms with Gasteiger partial charge < -0.3 is 20.7 Å². The largest absolute Gasteiger partial charge is 0.460 e. The van der Waals surface area contributed by atoms with Crippen LogP contribution in [0.4, 0.5) is 16.0 Å². The van der Waals surface area contributed by atoms with E-state index in [0.29, 0.717) is 28.9 Å². The minimum Gasteiger partial charge on any atom is -0.460 e. The van der Waals surface area contributed by atoms with Gasteiger partial charge >= 0.3 is 5.97 Å². The highest BCUT2D eigenvalue weighted by Gasteiger charge is 2.28. The van der Waals surface area contributed by atoms with Crippen LogP contribution in [0.25, 0.3) is 0 Å². The van der Waals surface area contributed by atoms with E-state index in [-0.39, 0.29) is 17.6 Å². The molecule has 0 aromatic carbocycles. The lowest BCUT2D eigenvalue weighted by Gasteiger charge is -2.32. The number of pyridine rings is 1. The van der Waals surface area contributed by atoms with E-state index in [1.54, 1.807) is 6.20 Å². The second-order valence-electron chi connectivity index (χ2n) is 8.12. The lowest BCUT2D eigenvalue weighted by atomic mass is 9.95. The number of aromatic nitrogens is 2. The number of nitrogens with one attached hydrogen (secondary N) is 1. The second-order valence-corrected chi connectivity index (χ2v) is 9.10. The van der Waals surface area contributed by atoms with Crippen molar-refractivity contribution >= 4 is 39.2 Å². The van der Waals surface area contributed by atoms with Crippen LogP contribution >= 0.6 is 11.3 Å². The Hall–Kier alpha value is -2.68. The van der Waals surface area contributed by atoms with Crippen molar-refractivity contribution < 1.29 is 14.3 Å². The summed E-state index contributed by atoms with van der Waals surface area (Å²) in [5.74, 6) is 0.0328. The van der Waals surface area contributed by atoms with Crippen LogP contribution in [0, 0.1) is 5.92 Å². The first kappa shape index (κ1) is 21.0. The molecule has 3 heterocycles. The molecule has 0 radical (unpaired) electrons. The number of nitrogens with two attached hydrogens (primary N) is 1. The van der Waals surface area contributed by atoms with Gasteiger partial charge in [0.1, 0.15) is 16.4 Å². The standard InChI is InChI=1S/C20H27N5O3S/c1-20(2,3)28-15(26)11-13-7-6-10-25(12-13)19-24-16(17(21)27)18(29-19)23-14-8-4-5-9-22-14/h4-5,8-9,13H,6-7,10-12H2,1-3H3,(H2,21,27)(H,22,23). The number of carbonyl (C=O) groups excluding carboxylic acids is 2. The molecule has 3 N–H and O–H groups in total. The van der Waals surface area contributed by atoms with Crippen LogP contribution in [0.2, 0.25) is 0 Å². The predicted molar refractivity (Wildman–Crippen MR) is 114 cm³/mol. The van der Waals surface area contributed by atoms with Gasteiger partial charge in [-0.15, -0.1) is 0 Å². The molecule has 2 aromatic rings. The zero-order valence-corrected chi connectivity index (χ0v) is 17.8. The quantitative estimate of drug-likeness (QED) is 0.694. The third kappa shape index (κ3) is 5.90. The van der Waals surface area contributed by atoms with Gasteiger partial charge in [-0.1, -0.05) is 17.4 Å². The predicted octanol–water partition coefficient (Wildman–Crippen LogP) is 3.33. The van der Waals surface area contributed by atoms with Gasteiger partial charge in [0.2, 0.25) is 0 Å². The fourth-order valence-electron chi connectivity index (χ4n) is 3.27. The van der Waals surface area contributed by atoms with Crippen molar-refractivity contribution in [3.8, 4) is 0 Å². The molecule has 0 spiro atoms. The van der Waals surface area contributed by atoms with Crippen molar-refractivity contribution in [2.24, 2.45) is 11.7 Å². The number of anilines is 3.